The molecule has 2 saturated heterocycles. The van der Waals surface area contributed by atoms with Gasteiger partial charge in [-0.2, -0.15) is 31.4 Å². The molecule has 0 saturated carbocycles. The Morgan fingerprint density at radius 3 is 1.91 bits per heavy atom. The number of rotatable bonds is 6. The Balaban J connectivity index is 0.000000421. The number of alkyl halides is 6. The second kappa shape index (κ2) is 15.4. The van der Waals surface area contributed by atoms with Crippen molar-refractivity contribution in [1.82, 2.24) is 24.5 Å². The van der Waals surface area contributed by atoms with E-state index in [2.05, 4.69) is 33.2 Å². The number of ether oxygens (including phenoxy) is 1. The van der Waals surface area contributed by atoms with Crippen LogP contribution in [0, 0.1) is 11.3 Å². The molecule has 2 aromatic rings. The number of hydrogen-bond donors (Lipinski definition) is 2. The van der Waals surface area contributed by atoms with Crippen molar-refractivity contribution in [2.75, 3.05) is 47.4 Å². The molecule has 252 valence electrons. The molecule has 0 unspecified atom stereocenters. The van der Waals surface area contributed by atoms with E-state index in [4.69, 9.17) is 24.5 Å². The number of aromatic nitrogens is 2. The number of benzene rings is 1. The standard InChI is InChI=1S/C24H35N5O2.2C2HF3O2/c1-26(2)23(30)24-10-5-11-28(14-19-6-8-22(31-4)9-7-19)16-21(24)17-29(18-24)15-20-12-25-27(3)13-20;2*3-2(4,5)1(6)7/h6-9,12-13,21H,5,10-11,14-18H2,1-4H3;2*(H,6,7)/t21-,24-;;/m0../s1. The van der Waals surface area contributed by atoms with E-state index >= 15 is 0 Å². The summed E-state index contributed by atoms with van der Waals surface area (Å²) in [6, 6.07) is 8.34. The lowest BCUT2D eigenvalue weighted by Crippen LogP contribution is -2.47. The third-order valence-electron chi connectivity index (χ3n) is 7.39. The molecule has 11 nitrogen and oxygen atoms in total. The summed E-state index contributed by atoms with van der Waals surface area (Å²) in [5.74, 6) is -4.01. The Kier molecular flexibility index (Phi) is 12.8. The highest BCUT2D eigenvalue weighted by Gasteiger charge is 2.53. The molecule has 2 aliphatic heterocycles. The summed E-state index contributed by atoms with van der Waals surface area (Å²) in [5.41, 5.74) is 2.21. The molecule has 2 aliphatic rings. The van der Waals surface area contributed by atoms with Crippen molar-refractivity contribution in [1.29, 1.82) is 0 Å². The first-order chi connectivity index (χ1) is 20.8. The summed E-state index contributed by atoms with van der Waals surface area (Å²) < 4.78 is 70.6. The molecular formula is C28H37F6N5O6. The molecule has 2 atom stereocenters. The highest BCUT2D eigenvalue weighted by Crippen LogP contribution is 2.44. The van der Waals surface area contributed by atoms with Gasteiger partial charge in [-0.25, -0.2) is 9.59 Å². The maximum absolute atomic E-state index is 13.4. The van der Waals surface area contributed by atoms with Gasteiger partial charge in [-0.3, -0.25) is 19.3 Å². The van der Waals surface area contributed by atoms with E-state index < -0.39 is 24.3 Å². The molecule has 17 heteroatoms. The van der Waals surface area contributed by atoms with Crippen LogP contribution in [0.2, 0.25) is 0 Å². The molecule has 3 heterocycles. The lowest BCUT2D eigenvalue weighted by molar-refractivity contribution is -0.193. The van der Waals surface area contributed by atoms with Gasteiger partial charge in [0.15, 0.2) is 0 Å². The number of fused-ring (bicyclic) bond motifs is 1. The number of carboxylic acid groups (broad SMARTS) is 2. The van der Waals surface area contributed by atoms with Gasteiger partial charge in [-0.05, 0) is 43.0 Å². The van der Waals surface area contributed by atoms with Gasteiger partial charge in [-0.1, -0.05) is 12.1 Å². The van der Waals surface area contributed by atoms with Crippen molar-refractivity contribution < 1.29 is 55.7 Å². The van der Waals surface area contributed by atoms with Gasteiger partial charge in [0.25, 0.3) is 0 Å². The van der Waals surface area contributed by atoms with E-state index in [1.807, 2.05) is 44.2 Å². The Hall–Kier alpha value is -3.86. The van der Waals surface area contributed by atoms with Gasteiger partial charge in [0, 0.05) is 65.6 Å². The maximum atomic E-state index is 13.4. The fourth-order valence-electron chi connectivity index (χ4n) is 5.48. The summed E-state index contributed by atoms with van der Waals surface area (Å²) in [5, 5.41) is 18.6. The number of nitrogens with zero attached hydrogens (tertiary/aromatic N) is 5. The van der Waals surface area contributed by atoms with E-state index in [0.29, 0.717) is 5.92 Å². The van der Waals surface area contributed by atoms with Gasteiger partial charge in [0.2, 0.25) is 5.91 Å². The first-order valence-corrected chi connectivity index (χ1v) is 13.7. The predicted molar refractivity (Wildman–Crippen MR) is 148 cm³/mol. The smallest absolute Gasteiger partial charge is 0.490 e. The zero-order valence-corrected chi connectivity index (χ0v) is 25.2. The third-order valence-corrected chi connectivity index (χ3v) is 7.39. The SMILES string of the molecule is COc1ccc(CN2CCC[C@]3(C(=O)N(C)C)CN(Cc4cnn(C)c4)C[C@@H]3C2)cc1.O=C(O)C(F)(F)F.O=C(O)C(F)(F)F. The van der Waals surface area contributed by atoms with E-state index in [1.54, 1.807) is 12.0 Å². The molecule has 0 radical (unpaired) electrons. The number of halogens is 6. The number of aryl methyl sites for hydroxylation is 1. The molecule has 0 bridgehead atoms. The number of carbonyl (C=O) groups excluding carboxylic acids is 1. The minimum Gasteiger partial charge on any atom is -0.497 e. The van der Waals surface area contributed by atoms with Crippen molar-refractivity contribution in [2.24, 2.45) is 18.4 Å². The van der Waals surface area contributed by atoms with Crippen LogP contribution in [0.5, 0.6) is 5.75 Å². The molecule has 1 aromatic carbocycles. The number of likely N-dealkylation sites (tertiary alicyclic amines) is 2. The zero-order valence-electron chi connectivity index (χ0n) is 25.2. The van der Waals surface area contributed by atoms with Gasteiger partial charge in [0.1, 0.15) is 5.75 Å². The van der Waals surface area contributed by atoms with Gasteiger partial charge >= 0.3 is 24.3 Å². The minimum absolute atomic E-state index is 0.289. The van der Waals surface area contributed by atoms with Crippen LogP contribution >= 0.6 is 0 Å². The second-order valence-corrected chi connectivity index (χ2v) is 11.0. The Morgan fingerprint density at radius 2 is 1.47 bits per heavy atom. The van der Waals surface area contributed by atoms with Gasteiger partial charge in [0.05, 0.1) is 18.7 Å². The fourth-order valence-corrected chi connectivity index (χ4v) is 5.48. The Labute approximate surface area is 255 Å². The number of carbonyl (C=O) groups is 3. The summed E-state index contributed by atoms with van der Waals surface area (Å²) in [4.78, 5) is 38.0. The molecule has 1 aromatic heterocycles. The van der Waals surface area contributed by atoms with Crippen LogP contribution in [-0.4, -0.2) is 112 Å². The highest BCUT2D eigenvalue weighted by atomic mass is 19.4. The molecule has 45 heavy (non-hydrogen) atoms. The molecular weight excluding hydrogens is 616 g/mol. The van der Waals surface area contributed by atoms with Crippen molar-refractivity contribution in [2.45, 2.75) is 38.3 Å². The fraction of sp³-hybridized carbons (Fsp3) is 0.571. The number of aliphatic carboxylic acids is 2. The minimum atomic E-state index is -5.08. The van der Waals surface area contributed by atoms with Crippen LogP contribution in [0.3, 0.4) is 0 Å². The highest BCUT2D eigenvalue weighted by molar-refractivity contribution is 5.83. The lowest BCUT2D eigenvalue weighted by Gasteiger charge is -2.35. The lowest BCUT2D eigenvalue weighted by atomic mass is 9.74. The zero-order chi connectivity index (χ0) is 34.2. The Bertz CT molecular complexity index is 1260. The van der Waals surface area contributed by atoms with E-state index in [1.165, 1.54) is 11.1 Å². The van der Waals surface area contributed by atoms with Crippen LogP contribution in [-0.2, 0) is 34.5 Å². The second-order valence-electron chi connectivity index (χ2n) is 11.0. The van der Waals surface area contributed by atoms with Crippen LogP contribution in [0.4, 0.5) is 26.3 Å². The van der Waals surface area contributed by atoms with E-state index in [-0.39, 0.29) is 11.3 Å². The summed E-state index contributed by atoms with van der Waals surface area (Å²) in [6.45, 7) is 5.54. The molecule has 2 fully saturated rings. The van der Waals surface area contributed by atoms with Crippen LogP contribution in [0.15, 0.2) is 36.7 Å². The van der Waals surface area contributed by atoms with Gasteiger partial charge < -0.3 is 19.8 Å². The van der Waals surface area contributed by atoms with Gasteiger partial charge in [-0.15, -0.1) is 0 Å². The molecule has 0 aliphatic carbocycles. The first-order valence-electron chi connectivity index (χ1n) is 13.7. The number of hydrogen-bond acceptors (Lipinski definition) is 7. The van der Waals surface area contributed by atoms with Crippen LogP contribution in [0.25, 0.3) is 0 Å². The molecule has 2 N–H and O–H groups in total. The molecule has 0 spiro atoms. The molecule has 1 amide bonds. The summed E-state index contributed by atoms with van der Waals surface area (Å²) in [7, 11) is 7.45. The average molecular weight is 654 g/mol. The summed E-state index contributed by atoms with van der Waals surface area (Å²) >= 11 is 0. The number of carboxylic acids is 2. The average Bonchev–Trinajstić information content (AvgIpc) is 3.45. The first kappa shape index (κ1) is 37.3. The van der Waals surface area contributed by atoms with Crippen molar-refractivity contribution in [3.05, 3.63) is 47.8 Å². The maximum Gasteiger partial charge on any atom is 0.490 e. The van der Waals surface area contributed by atoms with Crippen LogP contribution < -0.4 is 4.74 Å². The normalized spacial score (nSPS) is 20.4. The Morgan fingerprint density at radius 1 is 0.956 bits per heavy atom. The predicted octanol–water partition coefficient (Wildman–Crippen LogP) is 3.50. The topological polar surface area (TPSA) is 128 Å². The van der Waals surface area contributed by atoms with Crippen LogP contribution in [0.1, 0.15) is 24.0 Å². The van der Waals surface area contributed by atoms with E-state index in [9.17, 15) is 31.1 Å². The number of methoxy groups -OCH3 is 1. The van der Waals surface area contributed by atoms with Crippen molar-refractivity contribution in [3.8, 4) is 5.75 Å². The quantitative estimate of drug-likeness (QED) is 0.451. The summed E-state index contributed by atoms with van der Waals surface area (Å²) in [6.07, 6.45) is -4.15. The monoisotopic (exact) mass is 653 g/mol. The van der Waals surface area contributed by atoms with Crippen molar-refractivity contribution >= 4 is 17.8 Å². The van der Waals surface area contributed by atoms with Crippen molar-refractivity contribution in [3.63, 3.8) is 0 Å². The number of amides is 1. The largest absolute Gasteiger partial charge is 0.497 e. The third kappa shape index (κ3) is 10.9. The van der Waals surface area contributed by atoms with E-state index in [0.717, 1.165) is 57.9 Å². The molecule has 4 rings (SSSR count).